The van der Waals surface area contributed by atoms with Crippen LogP contribution in [-0.2, 0) is 4.79 Å². The molecule has 0 aromatic carbocycles. The smallest absolute Gasteiger partial charge is 0.317 e. The quantitative estimate of drug-likeness (QED) is 0.674. The Kier molecular flexibility index (Phi) is 6.62. The SMILES string of the molecule is CCC(CC(=O)O)NC(=O)N1CCCC(CCO)C1. The number of nitrogens with one attached hydrogen (secondary N) is 1. The zero-order valence-electron chi connectivity index (χ0n) is 11.5. The molecule has 2 atom stereocenters. The molecule has 19 heavy (non-hydrogen) atoms. The fourth-order valence-corrected chi connectivity index (χ4v) is 2.44. The van der Waals surface area contributed by atoms with Crippen molar-refractivity contribution in [2.75, 3.05) is 19.7 Å². The van der Waals surface area contributed by atoms with Crippen molar-refractivity contribution in [1.29, 1.82) is 0 Å². The van der Waals surface area contributed by atoms with Crippen LogP contribution in [-0.4, -0.2) is 52.9 Å². The first-order chi connectivity index (χ1) is 9.06. The molecule has 0 saturated carbocycles. The van der Waals surface area contributed by atoms with Crippen molar-refractivity contribution >= 4 is 12.0 Å². The molecule has 1 aliphatic heterocycles. The fourth-order valence-electron chi connectivity index (χ4n) is 2.44. The number of hydrogen-bond acceptors (Lipinski definition) is 3. The number of carboxylic acid groups (broad SMARTS) is 1. The number of urea groups is 1. The monoisotopic (exact) mass is 272 g/mol. The molecular weight excluding hydrogens is 248 g/mol. The van der Waals surface area contributed by atoms with Crippen LogP contribution in [0.1, 0.15) is 39.0 Å². The summed E-state index contributed by atoms with van der Waals surface area (Å²) in [6, 6.07) is -0.501. The minimum atomic E-state index is -0.899. The summed E-state index contributed by atoms with van der Waals surface area (Å²) in [4.78, 5) is 24.5. The van der Waals surface area contributed by atoms with Gasteiger partial charge in [0, 0.05) is 25.7 Å². The lowest BCUT2D eigenvalue weighted by Crippen LogP contribution is -2.49. The van der Waals surface area contributed by atoms with Crippen LogP contribution in [0, 0.1) is 5.92 Å². The Bertz CT molecular complexity index is 307. The number of nitrogens with zero attached hydrogens (tertiary/aromatic N) is 1. The summed E-state index contributed by atoms with van der Waals surface area (Å²) in [5.41, 5.74) is 0. The Balaban J connectivity index is 2.45. The summed E-state index contributed by atoms with van der Waals surface area (Å²) in [5.74, 6) is -0.548. The van der Waals surface area contributed by atoms with E-state index in [2.05, 4.69) is 5.32 Å². The lowest BCUT2D eigenvalue weighted by Gasteiger charge is -2.33. The molecule has 1 aliphatic rings. The summed E-state index contributed by atoms with van der Waals surface area (Å²) in [7, 11) is 0. The highest BCUT2D eigenvalue weighted by molar-refractivity contribution is 5.76. The Labute approximate surface area is 113 Å². The molecule has 2 amide bonds. The molecule has 6 heteroatoms. The zero-order valence-corrected chi connectivity index (χ0v) is 11.5. The van der Waals surface area contributed by atoms with Crippen molar-refractivity contribution in [1.82, 2.24) is 10.2 Å². The van der Waals surface area contributed by atoms with Gasteiger partial charge in [0.1, 0.15) is 0 Å². The van der Waals surface area contributed by atoms with Gasteiger partial charge < -0.3 is 20.4 Å². The maximum absolute atomic E-state index is 12.1. The molecule has 110 valence electrons. The summed E-state index contributed by atoms with van der Waals surface area (Å²) in [6.07, 6.45) is 3.25. The van der Waals surface area contributed by atoms with Gasteiger partial charge in [-0.05, 0) is 31.6 Å². The third-order valence-corrected chi connectivity index (χ3v) is 3.58. The summed E-state index contributed by atoms with van der Waals surface area (Å²) in [6.45, 7) is 3.36. The normalized spacial score (nSPS) is 20.9. The Morgan fingerprint density at radius 3 is 2.79 bits per heavy atom. The average Bonchev–Trinajstić information content (AvgIpc) is 2.38. The predicted octanol–water partition coefficient (Wildman–Crippen LogP) is 1.04. The van der Waals surface area contributed by atoms with Crippen molar-refractivity contribution in [3.8, 4) is 0 Å². The van der Waals surface area contributed by atoms with Crippen molar-refractivity contribution < 1.29 is 19.8 Å². The summed E-state index contributed by atoms with van der Waals surface area (Å²) < 4.78 is 0. The topological polar surface area (TPSA) is 89.9 Å². The number of hydrogen-bond donors (Lipinski definition) is 3. The van der Waals surface area contributed by atoms with Crippen molar-refractivity contribution in [2.45, 2.75) is 45.1 Å². The van der Waals surface area contributed by atoms with Crippen molar-refractivity contribution in [3.05, 3.63) is 0 Å². The lowest BCUT2D eigenvalue weighted by molar-refractivity contribution is -0.137. The van der Waals surface area contributed by atoms with E-state index in [1.54, 1.807) is 4.90 Å². The maximum atomic E-state index is 12.1. The molecular formula is C13H24N2O4. The van der Waals surface area contributed by atoms with Crippen LogP contribution in [0.5, 0.6) is 0 Å². The minimum Gasteiger partial charge on any atom is -0.481 e. The third-order valence-electron chi connectivity index (χ3n) is 3.58. The Hall–Kier alpha value is -1.30. The Morgan fingerprint density at radius 2 is 2.21 bits per heavy atom. The van der Waals surface area contributed by atoms with Crippen LogP contribution in [0.3, 0.4) is 0 Å². The standard InChI is InChI=1S/C13H24N2O4/c1-2-11(8-12(17)18)14-13(19)15-6-3-4-10(9-15)5-7-16/h10-11,16H,2-9H2,1H3,(H,14,19)(H,17,18). The van der Waals surface area contributed by atoms with E-state index in [9.17, 15) is 9.59 Å². The number of aliphatic hydroxyl groups excluding tert-OH is 1. The predicted molar refractivity (Wildman–Crippen MR) is 70.9 cm³/mol. The van der Waals surface area contributed by atoms with E-state index in [-0.39, 0.29) is 25.1 Å². The average molecular weight is 272 g/mol. The summed E-state index contributed by atoms with van der Waals surface area (Å²) in [5, 5.41) is 20.5. The molecule has 1 fully saturated rings. The van der Waals surface area contributed by atoms with Gasteiger partial charge in [-0.15, -0.1) is 0 Å². The van der Waals surface area contributed by atoms with Crippen LogP contribution in [0.2, 0.25) is 0 Å². The molecule has 1 rings (SSSR count). The number of carbonyl (C=O) groups is 2. The second-order valence-electron chi connectivity index (χ2n) is 5.12. The third kappa shape index (κ3) is 5.46. The number of rotatable bonds is 6. The number of carboxylic acids is 1. The van der Waals surface area contributed by atoms with Gasteiger partial charge >= 0.3 is 12.0 Å². The Morgan fingerprint density at radius 1 is 1.47 bits per heavy atom. The highest BCUT2D eigenvalue weighted by Gasteiger charge is 2.25. The van der Waals surface area contributed by atoms with Gasteiger partial charge in [0.2, 0.25) is 0 Å². The first-order valence-corrected chi connectivity index (χ1v) is 6.94. The van der Waals surface area contributed by atoms with Crippen LogP contribution in [0.4, 0.5) is 4.79 Å². The van der Waals surface area contributed by atoms with Crippen LogP contribution >= 0.6 is 0 Å². The highest BCUT2D eigenvalue weighted by atomic mass is 16.4. The molecule has 0 aliphatic carbocycles. The van der Waals surface area contributed by atoms with Gasteiger partial charge in [0.25, 0.3) is 0 Å². The van der Waals surface area contributed by atoms with E-state index in [1.807, 2.05) is 6.92 Å². The lowest BCUT2D eigenvalue weighted by atomic mass is 9.95. The fraction of sp³-hybridized carbons (Fsp3) is 0.846. The first kappa shape index (κ1) is 15.8. The van der Waals surface area contributed by atoms with E-state index < -0.39 is 5.97 Å². The van der Waals surface area contributed by atoms with Crippen molar-refractivity contribution in [3.63, 3.8) is 0 Å². The number of amides is 2. The molecule has 2 unspecified atom stereocenters. The number of aliphatic hydroxyl groups is 1. The van der Waals surface area contributed by atoms with Crippen molar-refractivity contribution in [2.24, 2.45) is 5.92 Å². The van der Waals surface area contributed by atoms with E-state index in [1.165, 1.54) is 0 Å². The molecule has 1 heterocycles. The zero-order chi connectivity index (χ0) is 14.3. The minimum absolute atomic E-state index is 0.0455. The van der Waals surface area contributed by atoms with Gasteiger partial charge in [-0.3, -0.25) is 4.79 Å². The van der Waals surface area contributed by atoms with Gasteiger partial charge in [0.05, 0.1) is 6.42 Å². The maximum Gasteiger partial charge on any atom is 0.317 e. The molecule has 3 N–H and O–H groups in total. The van der Waals surface area contributed by atoms with Gasteiger partial charge in [-0.1, -0.05) is 6.92 Å². The highest BCUT2D eigenvalue weighted by Crippen LogP contribution is 2.19. The van der Waals surface area contributed by atoms with Crippen LogP contribution in [0.25, 0.3) is 0 Å². The van der Waals surface area contributed by atoms with E-state index in [4.69, 9.17) is 10.2 Å². The number of carbonyl (C=O) groups excluding carboxylic acids is 1. The number of likely N-dealkylation sites (tertiary alicyclic amines) is 1. The number of aliphatic carboxylic acids is 1. The van der Waals surface area contributed by atoms with Gasteiger partial charge in [0.15, 0.2) is 0 Å². The second kappa shape index (κ2) is 7.99. The number of piperidine rings is 1. The molecule has 0 radical (unpaired) electrons. The van der Waals surface area contributed by atoms with E-state index >= 15 is 0 Å². The van der Waals surface area contributed by atoms with E-state index in [0.29, 0.717) is 25.4 Å². The molecule has 0 aromatic rings. The van der Waals surface area contributed by atoms with E-state index in [0.717, 1.165) is 19.3 Å². The second-order valence-corrected chi connectivity index (χ2v) is 5.12. The largest absolute Gasteiger partial charge is 0.481 e. The molecule has 0 spiro atoms. The molecule has 0 bridgehead atoms. The van der Waals surface area contributed by atoms with Crippen LogP contribution in [0.15, 0.2) is 0 Å². The summed E-state index contributed by atoms with van der Waals surface area (Å²) >= 11 is 0. The molecule has 6 nitrogen and oxygen atoms in total. The van der Waals surface area contributed by atoms with Gasteiger partial charge in [-0.2, -0.15) is 0 Å². The van der Waals surface area contributed by atoms with Crippen LogP contribution < -0.4 is 5.32 Å². The van der Waals surface area contributed by atoms with Gasteiger partial charge in [-0.25, -0.2) is 4.79 Å². The molecule has 1 saturated heterocycles. The first-order valence-electron chi connectivity index (χ1n) is 6.94. The molecule has 0 aromatic heterocycles.